The van der Waals surface area contributed by atoms with Crippen LogP contribution in [0.2, 0.25) is 10.0 Å². The molecule has 0 aromatic heterocycles. The number of carbonyl (C=O) groups excluding carboxylic acids is 1. The van der Waals surface area contributed by atoms with Crippen molar-refractivity contribution in [3.8, 4) is 6.07 Å². The Hall–Kier alpha value is -2.23. The Bertz CT molecular complexity index is 624. The Kier molecular flexibility index (Phi) is 6.53. The van der Waals surface area contributed by atoms with Gasteiger partial charge in [-0.05, 0) is 18.2 Å². The van der Waals surface area contributed by atoms with Gasteiger partial charge in [0.05, 0.1) is 17.1 Å². The number of nitriles is 1. The number of halogens is 2. The molecule has 0 saturated carbocycles. The van der Waals surface area contributed by atoms with Crippen molar-refractivity contribution in [3.05, 3.63) is 40.0 Å². The normalized spacial score (nSPS) is 10.6. The number of nitrogens with one attached hydrogen (secondary N) is 2. The van der Waals surface area contributed by atoms with Crippen LogP contribution in [0.3, 0.4) is 0 Å². The van der Waals surface area contributed by atoms with Crippen molar-refractivity contribution in [2.75, 3.05) is 11.9 Å². The Morgan fingerprint density at radius 2 is 2.10 bits per heavy atom. The highest BCUT2D eigenvalue weighted by atomic mass is 35.5. The minimum absolute atomic E-state index is 0.0606. The molecule has 0 saturated heterocycles. The SMILES string of the molecule is N#C/C(=C/Nc1ccc(Cl)cc1Cl)C(=O)NCCC(=O)O. The quantitative estimate of drug-likeness (QED) is 0.550. The van der Waals surface area contributed by atoms with Gasteiger partial charge in [0.15, 0.2) is 0 Å². The summed E-state index contributed by atoms with van der Waals surface area (Å²) < 4.78 is 0. The molecule has 0 unspecified atom stereocenters. The summed E-state index contributed by atoms with van der Waals surface area (Å²) in [6.45, 7) is -0.0606. The van der Waals surface area contributed by atoms with E-state index in [-0.39, 0.29) is 18.5 Å². The van der Waals surface area contributed by atoms with E-state index in [1.807, 2.05) is 0 Å². The van der Waals surface area contributed by atoms with E-state index in [0.29, 0.717) is 15.7 Å². The van der Waals surface area contributed by atoms with E-state index in [9.17, 15) is 9.59 Å². The lowest BCUT2D eigenvalue weighted by Crippen LogP contribution is -2.27. The third-order valence-electron chi connectivity index (χ3n) is 2.29. The lowest BCUT2D eigenvalue weighted by molar-refractivity contribution is -0.136. The first kappa shape index (κ1) is 16.8. The van der Waals surface area contributed by atoms with Gasteiger partial charge in [0.1, 0.15) is 11.6 Å². The number of anilines is 1. The van der Waals surface area contributed by atoms with Crippen LogP contribution >= 0.6 is 23.2 Å². The molecule has 0 fully saturated rings. The van der Waals surface area contributed by atoms with Crippen LogP contribution < -0.4 is 10.6 Å². The smallest absolute Gasteiger partial charge is 0.305 e. The van der Waals surface area contributed by atoms with Gasteiger partial charge in [-0.1, -0.05) is 23.2 Å². The average molecular weight is 328 g/mol. The predicted octanol–water partition coefficient (Wildman–Crippen LogP) is 2.40. The van der Waals surface area contributed by atoms with E-state index in [1.165, 1.54) is 12.3 Å². The fraction of sp³-hybridized carbons (Fsp3) is 0.154. The minimum atomic E-state index is -1.04. The number of hydrogen-bond acceptors (Lipinski definition) is 4. The third kappa shape index (κ3) is 5.73. The van der Waals surface area contributed by atoms with Crippen LogP contribution in [0.4, 0.5) is 5.69 Å². The van der Waals surface area contributed by atoms with Gasteiger partial charge in [0.2, 0.25) is 0 Å². The van der Waals surface area contributed by atoms with Crippen LogP contribution in [-0.2, 0) is 9.59 Å². The molecule has 21 heavy (non-hydrogen) atoms. The summed E-state index contributed by atoms with van der Waals surface area (Å²) in [4.78, 5) is 22.0. The summed E-state index contributed by atoms with van der Waals surface area (Å²) in [7, 11) is 0. The molecule has 1 rings (SSSR count). The summed E-state index contributed by atoms with van der Waals surface area (Å²) >= 11 is 11.7. The van der Waals surface area contributed by atoms with Gasteiger partial charge < -0.3 is 15.7 Å². The van der Waals surface area contributed by atoms with Gasteiger partial charge in [-0.2, -0.15) is 5.26 Å². The summed E-state index contributed by atoms with van der Waals surface area (Å²) in [6.07, 6.45) is 0.964. The average Bonchev–Trinajstić information content (AvgIpc) is 2.41. The molecule has 6 nitrogen and oxygen atoms in total. The molecule has 3 N–H and O–H groups in total. The highest BCUT2D eigenvalue weighted by molar-refractivity contribution is 6.36. The second-order valence-electron chi connectivity index (χ2n) is 3.84. The number of amides is 1. The summed E-state index contributed by atoms with van der Waals surface area (Å²) in [6, 6.07) is 6.42. The van der Waals surface area contributed by atoms with E-state index in [0.717, 1.165) is 0 Å². The molecule has 0 aliphatic carbocycles. The minimum Gasteiger partial charge on any atom is -0.481 e. The number of hydrogen-bond donors (Lipinski definition) is 3. The maximum Gasteiger partial charge on any atom is 0.305 e. The first-order valence-corrected chi connectivity index (χ1v) is 6.51. The van der Waals surface area contributed by atoms with E-state index in [2.05, 4.69) is 10.6 Å². The summed E-state index contributed by atoms with van der Waals surface area (Å²) in [5.74, 6) is -1.71. The molecular formula is C13H11Cl2N3O3. The van der Waals surface area contributed by atoms with E-state index in [4.69, 9.17) is 33.6 Å². The zero-order chi connectivity index (χ0) is 15.8. The summed E-state index contributed by atoms with van der Waals surface area (Å²) in [5, 5.41) is 23.2. The first-order chi connectivity index (χ1) is 9.93. The Balaban J connectivity index is 2.69. The van der Waals surface area contributed by atoms with Crippen LogP contribution in [0.25, 0.3) is 0 Å². The molecule has 1 aromatic rings. The van der Waals surface area contributed by atoms with E-state index in [1.54, 1.807) is 18.2 Å². The Labute approximate surface area is 131 Å². The molecule has 0 aliphatic heterocycles. The lowest BCUT2D eigenvalue weighted by atomic mass is 10.2. The van der Waals surface area contributed by atoms with Crippen molar-refractivity contribution >= 4 is 40.8 Å². The van der Waals surface area contributed by atoms with Crippen LogP contribution in [-0.4, -0.2) is 23.5 Å². The van der Waals surface area contributed by atoms with Gasteiger partial charge in [-0.15, -0.1) is 0 Å². The molecule has 0 bridgehead atoms. The molecule has 1 amide bonds. The monoisotopic (exact) mass is 327 g/mol. The van der Waals surface area contributed by atoms with Gasteiger partial charge in [-0.3, -0.25) is 9.59 Å². The molecule has 8 heteroatoms. The van der Waals surface area contributed by atoms with E-state index >= 15 is 0 Å². The molecule has 0 heterocycles. The Morgan fingerprint density at radius 3 is 2.67 bits per heavy atom. The second-order valence-corrected chi connectivity index (χ2v) is 4.68. The lowest BCUT2D eigenvalue weighted by Gasteiger charge is -2.06. The van der Waals surface area contributed by atoms with Gasteiger partial charge in [0.25, 0.3) is 5.91 Å². The van der Waals surface area contributed by atoms with E-state index < -0.39 is 11.9 Å². The van der Waals surface area contributed by atoms with Crippen molar-refractivity contribution < 1.29 is 14.7 Å². The number of carboxylic acid groups (broad SMARTS) is 1. The van der Waals surface area contributed by atoms with Crippen LogP contribution in [0.1, 0.15) is 6.42 Å². The maximum atomic E-state index is 11.6. The van der Waals surface area contributed by atoms with Crippen LogP contribution in [0, 0.1) is 11.3 Å². The van der Waals surface area contributed by atoms with Gasteiger partial charge in [-0.25, -0.2) is 0 Å². The fourth-order valence-corrected chi connectivity index (χ4v) is 1.75. The van der Waals surface area contributed by atoms with Crippen molar-refractivity contribution in [1.82, 2.24) is 5.32 Å². The van der Waals surface area contributed by atoms with Crippen LogP contribution in [0.5, 0.6) is 0 Å². The number of benzene rings is 1. The number of rotatable bonds is 6. The standard InChI is InChI=1S/C13H11Cl2N3O3/c14-9-1-2-11(10(15)5-9)18-7-8(6-16)13(21)17-4-3-12(19)20/h1-2,5,7,18H,3-4H2,(H,17,21)(H,19,20)/b8-7-. The van der Waals surface area contributed by atoms with Crippen molar-refractivity contribution in [2.45, 2.75) is 6.42 Å². The number of carboxylic acids is 1. The number of nitrogens with zero attached hydrogens (tertiary/aromatic N) is 1. The van der Waals surface area contributed by atoms with Gasteiger partial charge >= 0.3 is 5.97 Å². The van der Waals surface area contributed by atoms with Gasteiger partial charge in [0, 0.05) is 17.8 Å². The largest absolute Gasteiger partial charge is 0.481 e. The zero-order valence-corrected chi connectivity index (χ0v) is 12.2. The first-order valence-electron chi connectivity index (χ1n) is 5.76. The highest BCUT2D eigenvalue weighted by Gasteiger charge is 2.09. The second kappa shape index (κ2) is 8.15. The number of aliphatic carboxylic acids is 1. The van der Waals surface area contributed by atoms with Crippen molar-refractivity contribution in [1.29, 1.82) is 5.26 Å². The molecule has 0 radical (unpaired) electrons. The van der Waals surface area contributed by atoms with Crippen LogP contribution in [0.15, 0.2) is 30.0 Å². The zero-order valence-electron chi connectivity index (χ0n) is 10.7. The van der Waals surface area contributed by atoms with Crippen molar-refractivity contribution in [3.63, 3.8) is 0 Å². The molecule has 110 valence electrons. The summed E-state index contributed by atoms with van der Waals surface area (Å²) in [5.41, 5.74) is 0.276. The molecule has 0 atom stereocenters. The predicted molar refractivity (Wildman–Crippen MR) is 79.0 cm³/mol. The highest BCUT2D eigenvalue weighted by Crippen LogP contribution is 2.25. The number of carbonyl (C=O) groups is 2. The molecular weight excluding hydrogens is 317 g/mol. The fourth-order valence-electron chi connectivity index (χ4n) is 1.28. The topological polar surface area (TPSA) is 102 Å². The molecule has 1 aromatic carbocycles. The third-order valence-corrected chi connectivity index (χ3v) is 2.84. The van der Waals surface area contributed by atoms with Crippen molar-refractivity contribution in [2.24, 2.45) is 0 Å². The maximum absolute atomic E-state index is 11.6. The molecule has 0 aliphatic rings. The Morgan fingerprint density at radius 1 is 1.38 bits per heavy atom. The molecule has 0 spiro atoms.